The van der Waals surface area contributed by atoms with E-state index in [1.54, 1.807) is 0 Å². The first-order valence-electron chi connectivity index (χ1n) is 4.38. The van der Waals surface area contributed by atoms with Gasteiger partial charge in [0.2, 0.25) is 0 Å². The summed E-state index contributed by atoms with van der Waals surface area (Å²) in [6, 6.07) is 0.786. The Hall–Kier alpha value is -0.480. The van der Waals surface area contributed by atoms with Crippen LogP contribution in [0.5, 0.6) is 0 Å². The highest BCUT2D eigenvalue weighted by molar-refractivity contribution is 4.89. The molecule has 1 heterocycles. The average Bonchev–Trinajstić information content (AvgIpc) is 2.07. The summed E-state index contributed by atoms with van der Waals surface area (Å²) in [5, 5.41) is 3.38. The standard InChI is InChI=1S/C6H13N.C4H6/c1-6-4-2-3-5-7-6;1-3-4-2/h6-7H,2-5H2,1H3;1-2H3. The van der Waals surface area contributed by atoms with Gasteiger partial charge in [0.25, 0.3) is 0 Å². The molecule has 0 spiro atoms. The molecule has 1 aliphatic heterocycles. The molecule has 0 aliphatic carbocycles. The van der Waals surface area contributed by atoms with Crippen molar-refractivity contribution in [3.05, 3.63) is 0 Å². The van der Waals surface area contributed by atoms with E-state index in [2.05, 4.69) is 24.1 Å². The Morgan fingerprint density at radius 3 is 2.00 bits per heavy atom. The van der Waals surface area contributed by atoms with Crippen LogP contribution in [0.25, 0.3) is 0 Å². The normalized spacial score (nSPS) is 22.3. The third-order valence-corrected chi connectivity index (χ3v) is 1.81. The molecule has 1 N–H and O–H groups in total. The van der Waals surface area contributed by atoms with Crippen molar-refractivity contribution in [2.45, 2.75) is 46.1 Å². The van der Waals surface area contributed by atoms with Crippen LogP contribution in [-0.2, 0) is 0 Å². The average molecular weight is 153 g/mol. The lowest BCUT2D eigenvalue weighted by Gasteiger charge is -2.18. The van der Waals surface area contributed by atoms with Gasteiger partial charge in [-0.05, 0) is 40.2 Å². The Bertz CT molecular complexity index is 118. The number of rotatable bonds is 0. The largest absolute Gasteiger partial charge is 0.314 e. The predicted molar refractivity (Wildman–Crippen MR) is 50.4 cm³/mol. The maximum atomic E-state index is 3.38. The number of hydrogen-bond acceptors (Lipinski definition) is 1. The Kier molecular flexibility index (Phi) is 7.29. The van der Waals surface area contributed by atoms with Crippen molar-refractivity contribution in [1.82, 2.24) is 5.32 Å². The predicted octanol–water partition coefficient (Wildman–Crippen LogP) is 2.18. The molecule has 1 saturated heterocycles. The van der Waals surface area contributed by atoms with Crippen molar-refractivity contribution in [1.29, 1.82) is 0 Å². The second kappa shape index (κ2) is 7.63. The van der Waals surface area contributed by atoms with Crippen molar-refractivity contribution in [2.24, 2.45) is 0 Å². The molecular formula is C10H19N. The molecule has 0 bridgehead atoms. The fourth-order valence-corrected chi connectivity index (χ4v) is 1.03. The monoisotopic (exact) mass is 153 g/mol. The molecular weight excluding hydrogens is 134 g/mol. The smallest absolute Gasteiger partial charge is 0.00387 e. The molecule has 0 radical (unpaired) electrons. The second-order valence-corrected chi connectivity index (χ2v) is 2.85. The first kappa shape index (κ1) is 10.5. The fourth-order valence-electron chi connectivity index (χ4n) is 1.03. The highest BCUT2D eigenvalue weighted by Crippen LogP contribution is 2.04. The number of nitrogens with one attached hydrogen (secondary N) is 1. The Balaban J connectivity index is 0.000000218. The molecule has 1 aliphatic rings. The molecule has 11 heavy (non-hydrogen) atoms. The molecule has 1 fully saturated rings. The van der Waals surface area contributed by atoms with Crippen molar-refractivity contribution in [2.75, 3.05) is 6.54 Å². The van der Waals surface area contributed by atoms with Crippen molar-refractivity contribution < 1.29 is 0 Å². The maximum absolute atomic E-state index is 3.38. The van der Waals surface area contributed by atoms with E-state index >= 15 is 0 Å². The number of hydrogen-bond donors (Lipinski definition) is 1. The molecule has 0 amide bonds. The molecule has 1 rings (SSSR count). The van der Waals surface area contributed by atoms with Gasteiger partial charge in [-0.3, -0.25) is 0 Å². The highest BCUT2D eigenvalue weighted by Gasteiger charge is 2.04. The van der Waals surface area contributed by atoms with E-state index in [1.807, 2.05) is 13.8 Å². The highest BCUT2D eigenvalue weighted by atomic mass is 14.9. The lowest BCUT2D eigenvalue weighted by Crippen LogP contribution is -2.30. The van der Waals surface area contributed by atoms with E-state index in [-0.39, 0.29) is 0 Å². The Labute approximate surface area is 70.6 Å². The zero-order chi connectivity index (χ0) is 8.53. The van der Waals surface area contributed by atoms with Crippen LogP contribution in [0.3, 0.4) is 0 Å². The summed E-state index contributed by atoms with van der Waals surface area (Å²) in [5.74, 6) is 5.36. The lowest BCUT2D eigenvalue weighted by molar-refractivity contribution is 0.425. The van der Waals surface area contributed by atoms with Crippen LogP contribution in [0.1, 0.15) is 40.0 Å². The summed E-state index contributed by atoms with van der Waals surface area (Å²) in [5.41, 5.74) is 0. The SMILES string of the molecule is CC#CC.CC1CCCCN1. The lowest BCUT2D eigenvalue weighted by atomic mass is 10.1. The van der Waals surface area contributed by atoms with E-state index in [0.717, 1.165) is 6.04 Å². The fraction of sp³-hybridized carbons (Fsp3) is 0.800. The van der Waals surface area contributed by atoms with E-state index in [0.29, 0.717) is 0 Å². The second-order valence-electron chi connectivity index (χ2n) is 2.85. The van der Waals surface area contributed by atoms with Gasteiger partial charge >= 0.3 is 0 Å². The molecule has 0 saturated carbocycles. The molecule has 0 aromatic rings. The number of piperidine rings is 1. The van der Waals surface area contributed by atoms with Gasteiger partial charge in [-0.15, -0.1) is 11.8 Å². The summed E-state index contributed by atoms with van der Waals surface area (Å²) < 4.78 is 0. The van der Waals surface area contributed by atoms with Gasteiger partial charge in [0.15, 0.2) is 0 Å². The van der Waals surface area contributed by atoms with E-state index < -0.39 is 0 Å². The minimum atomic E-state index is 0.786. The van der Waals surface area contributed by atoms with Gasteiger partial charge in [-0.2, -0.15) is 0 Å². The van der Waals surface area contributed by atoms with Gasteiger partial charge in [0.05, 0.1) is 0 Å². The third-order valence-electron chi connectivity index (χ3n) is 1.81. The van der Waals surface area contributed by atoms with Gasteiger partial charge in [-0.1, -0.05) is 6.42 Å². The summed E-state index contributed by atoms with van der Waals surface area (Å²) in [7, 11) is 0. The Morgan fingerprint density at radius 1 is 1.18 bits per heavy atom. The van der Waals surface area contributed by atoms with Gasteiger partial charge in [0.1, 0.15) is 0 Å². The van der Waals surface area contributed by atoms with Gasteiger partial charge in [0, 0.05) is 6.04 Å². The molecule has 1 heteroatoms. The Morgan fingerprint density at radius 2 is 1.82 bits per heavy atom. The minimum absolute atomic E-state index is 0.786. The minimum Gasteiger partial charge on any atom is -0.314 e. The van der Waals surface area contributed by atoms with Crippen LogP contribution in [0.2, 0.25) is 0 Å². The van der Waals surface area contributed by atoms with Crippen LogP contribution < -0.4 is 5.32 Å². The van der Waals surface area contributed by atoms with E-state index in [4.69, 9.17) is 0 Å². The molecule has 0 aromatic carbocycles. The third kappa shape index (κ3) is 7.42. The maximum Gasteiger partial charge on any atom is 0.00387 e. The van der Waals surface area contributed by atoms with E-state index in [9.17, 15) is 0 Å². The molecule has 0 aromatic heterocycles. The molecule has 1 atom stereocenters. The zero-order valence-corrected chi connectivity index (χ0v) is 7.91. The molecule has 1 nitrogen and oxygen atoms in total. The van der Waals surface area contributed by atoms with E-state index in [1.165, 1.54) is 25.8 Å². The first-order chi connectivity index (χ1) is 5.31. The van der Waals surface area contributed by atoms with Crippen LogP contribution in [0.4, 0.5) is 0 Å². The quantitative estimate of drug-likeness (QED) is 0.526. The van der Waals surface area contributed by atoms with Crippen molar-refractivity contribution >= 4 is 0 Å². The van der Waals surface area contributed by atoms with Crippen LogP contribution >= 0.6 is 0 Å². The van der Waals surface area contributed by atoms with Crippen LogP contribution in [0.15, 0.2) is 0 Å². The van der Waals surface area contributed by atoms with Gasteiger partial charge < -0.3 is 5.32 Å². The molecule has 64 valence electrons. The van der Waals surface area contributed by atoms with Crippen LogP contribution in [0, 0.1) is 11.8 Å². The molecule has 1 unspecified atom stereocenters. The summed E-state index contributed by atoms with van der Waals surface area (Å²) >= 11 is 0. The van der Waals surface area contributed by atoms with Gasteiger partial charge in [-0.25, -0.2) is 0 Å². The first-order valence-corrected chi connectivity index (χ1v) is 4.38. The van der Waals surface area contributed by atoms with Crippen LogP contribution in [-0.4, -0.2) is 12.6 Å². The summed E-state index contributed by atoms with van der Waals surface area (Å²) in [4.78, 5) is 0. The topological polar surface area (TPSA) is 12.0 Å². The summed E-state index contributed by atoms with van der Waals surface area (Å²) in [6.45, 7) is 7.13. The van der Waals surface area contributed by atoms with Crippen molar-refractivity contribution in [3.63, 3.8) is 0 Å². The van der Waals surface area contributed by atoms with Crippen molar-refractivity contribution in [3.8, 4) is 11.8 Å². The summed E-state index contributed by atoms with van der Waals surface area (Å²) in [6.07, 6.45) is 4.18. The zero-order valence-electron chi connectivity index (χ0n) is 7.91.